The first-order chi connectivity index (χ1) is 12.1. The fourth-order valence-electron chi connectivity index (χ4n) is 4.19. The topological polar surface area (TPSA) is 69.7 Å². The van der Waals surface area contributed by atoms with Crippen LogP contribution in [0.1, 0.15) is 59.2 Å². The molecule has 132 valence electrons. The number of urea groups is 1. The number of nitrogens with zero attached hydrogens (tertiary/aromatic N) is 2. The number of nitrogens with one attached hydrogen (secondary N) is 1. The third-order valence-corrected chi connectivity index (χ3v) is 5.57. The van der Waals surface area contributed by atoms with Gasteiger partial charge in [0.1, 0.15) is 0 Å². The molecular weight excluding hydrogens is 318 g/mol. The highest BCUT2D eigenvalue weighted by Crippen LogP contribution is 2.28. The average Bonchev–Trinajstić information content (AvgIpc) is 3.20. The maximum Gasteiger partial charge on any atom is 0.317 e. The molecule has 1 saturated carbocycles. The van der Waals surface area contributed by atoms with Crippen LogP contribution in [-0.2, 0) is 0 Å². The number of hydrogen-bond donors (Lipinski definition) is 1. The number of likely N-dealkylation sites (tertiary alicyclic amines) is 1. The lowest BCUT2D eigenvalue weighted by Crippen LogP contribution is -2.47. The standard InChI is InChI=1S/C19H23N3O3/c23-17-15-8-4-5-9-16(15)18(24)22(17)14-10-11-21(12-14)19(25)20-13-6-2-1-3-7-13/h4-5,8-9,13-14H,1-3,6-7,10-12H2,(H,20,25). The minimum Gasteiger partial charge on any atom is -0.335 e. The largest absolute Gasteiger partial charge is 0.335 e. The molecule has 2 fully saturated rings. The van der Waals surface area contributed by atoms with Gasteiger partial charge < -0.3 is 10.2 Å². The van der Waals surface area contributed by atoms with Crippen LogP contribution < -0.4 is 5.32 Å². The van der Waals surface area contributed by atoms with Gasteiger partial charge in [-0.3, -0.25) is 14.5 Å². The van der Waals surface area contributed by atoms with Crippen molar-refractivity contribution >= 4 is 17.8 Å². The van der Waals surface area contributed by atoms with Crippen molar-refractivity contribution in [1.82, 2.24) is 15.1 Å². The quantitative estimate of drug-likeness (QED) is 0.840. The Bertz CT molecular complexity index is 677. The second-order valence-corrected chi connectivity index (χ2v) is 7.20. The molecule has 1 aromatic carbocycles. The Balaban J connectivity index is 1.40. The van der Waals surface area contributed by atoms with E-state index in [4.69, 9.17) is 0 Å². The fourth-order valence-corrected chi connectivity index (χ4v) is 4.19. The summed E-state index contributed by atoms with van der Waals surface area (Å²) in [5, 5.41) is 3.11. The third kappa shape index (κ3) is 2.90. The van der Waals surface area contributed by atoms with Crippen LogP contribution in [0, 0.1) is 0 Å². The van der Waals surface area contributed by atoms with Gasteiger partial charge in [-0.2, -0.15) is 0 Å². The SMILES string of the molecule is O=C(NC1CCCCC1)N1CCC(N2C(=O)c3ccccc3C2=O)C1. The molecule has 1 saturated heterocycles. The maximum absolute atomic E-state index is 12.6. The van der Waals surface area contributed by atoms with Gasteiger partial charge in [-0.15, -0.1) is 0 Å². The molecule has 0 radical (unpaired) electrons. The highest BCUT2D eigenvalue weighted by atomic mass is 16.2. The Morgan fingerprint density at radius 2 is 1.60 bits per heavy atom. The molecule has 6 nitrogen and oxygen atoms in total. The molecule has 1 N–H and O–H groups in total. The first kappa shape index (κ1) is 16.1. The van der Waals surface area contributed by atoms with Gasteiger partial charge in [-0.05, 0) is 31.4 Å². The van der Waals surface area contributed by atoms with Crippen molar-refractivity contribution in [3.63, 3.8) is 0 Å². The highest BCUT2D eigenvalue weighted by molar-refractivity contribution is 6.21. The Hall–Kier alpha value is -2.37. The second kappa shape index (κ2) is 6.50. The molecule has 0 spiro atoms. The van der Waals surface area contributed by atoms with E-state index in [-0.39, 0.29) is 29.9 Å². The van der Waals surface area contributed by atoms with Crippen LogP contribution in [0.4, 0.5) is 4.79 Å². The van der Waals surface area contributed by atoms with E-state index in [0.717, 1.165) is 12.8 Å². The van der Waals surface area contributed by atoms with Gasteiger partial charge in [-0.1, -0.05) is 31.4 Å². The van der Waals surface area contributed by atoms with E-state index in [0.29, 0.717) is 30.6 Å². The number of carbonyl (C=O) groups is 3. The van der Waals surface area contributed by atoms with E-state index in [9.17, 15) is 14.4 Å². The van der Waals surface area contributed by atoms with Crippen molar-refractivity contribution in [2.24, 2.45) is 0 Å². The minimum absolute atomic E-state index is 0.0639. The van der Waals surface area contributed by atoms with Gasteiger partial charge in [0.25, 0.3) is 11.8 Å². The van der Waals surface area contributed by atoms with Gasteiger partial charge in [0.15, 0.2) is 0 Å². The summed E-state index contributed by atoms with van der Waals surface area (Å²) in [6.07, 6.45) is 6.31. The van der Waals surface area contributed by atoms with Crippen LogP contribution >= 0.6 is 0 Å². The lowest BCUT2D eigenvalue weighted by Gasteiger charge is -2.27. The number of benzene rings is 1. The minimum atomic E-state index is -0.236. The monoisotopic (exact) mass is 341 g/mol. The summed E-state index contributed by atoms with van der Waals surface area (Å²) in [7, 11) is 0. The van der Waals surface area contributed by atoms with Gasteiger partial charge in [-0.25, -0.2) is 4.79 Å². The van der Waals surface area contributed by atoms with Crippen LogP contribution in [0.5, 0.6) is 0 Å². The molecular formula is C19H23N3O3. The van der Waals surface area contributed by atoms with Gasteiger partial charge in [0, 0.05) is 19.1 Å². The molecule has 1 aromatic rings. The van der Waals surface area contributed by atoms with Crippen LogP contribution in [0.2, 0.25) is 0 Å². The molecule has 6 heteroatoms. The number of rotatable bonds is 2. The molecule has 1 aliphatic carbocycles. The van der Waals surface area contributed by atoms with E-state index >= 15 is 0 Å². The molecule has 2 aliphatic heterocycles. The summed E-state index contributed by atoms with van der Waals surface area (Å²) >= 11 is 0. The number of fused-ring (bicyclic) bond motifs is 1. The van der Waals surface area contributed by atoms with E-state index in [1.54, 1.807) is 29.2 Å². The Morgan fingerprint density at radius 1 is 0.960 bits per heavy atom. The van der Waals surface area contributed by atoms with Crippen LogP contribution in [0.25, 0.3) is 0 Å². The van der Waals surface area contributed by atoms with E-state index in [2.05, 4.69) is 5.32 Å². The van der Waals surface area contributed by atoms with Crippen LogP contribution in [0.15, 0.2) is 24.3 Å². The zero-order chi connectivity index (χ0) is 17.4. The fraction of sp³-hybridized carbons (Fsp3) is 0.526. The lowest BCUT2D eigenvalue weighted by molar-refractivity contribution is 0.0589. The molecule has 25 heavy (non-hydrogen) atoms. The second-order valence-electron chi connectivity index (χ2n) is 7.20. The number of hydrogen-bond acceptors (Lipinski definition) is 3. The van der Waals surface area contributed by atoms with Crippen LogP contribution in [-0.4, -0.2) is 52.8 Å². The summed E-state index contributed by atoms with van der Waals surface area (Å²) < 4.78 is 0. The summed E-state index contributed by atoms with van der Waals surface area (Å²) in [4.78, 5) is 40.7. The average molecular weight is 341 g/mol. The van der Waals surface area contributed by atoms with Crippen molar-refractivity contribution < 1.29 is 14.4 Å². The third-order valence-electron chi connectivity index (χ3n) is 5.57. The summed E-state index contributed by atoms with van der Waals surface area (Å²) in [5.41, 5.74) is 0.940. The maximum atomic E-state index is 12.6. The molecule has 4 rings (SSSR count). The summed E-state index contributed by atoms with van der Waals surface area (Å²) in [6, 6.07) is 6.89. The van der Waals surface area contributed by atoms with Crippen molar-refractivity contribution in [2.45, 2.75) is 50.6 Å². The van der Waals surface area contributed by atoms with E-state index in [1.165, 1.54) is 24.2 Å². The van der Waals surface area contributed by atoms with Crippen molar-refractivity contribution in [3.05, 3.63) is 35.4 Å². The Labute approximate surface area is 147 Å². The van der Waals surface area contributed by atoms with Crippen molar-refractivity contribution in [2.75, 3.05) is 13.1 Å². The predicted octanol–water partition coefficient (Wildman–Crippen LogP) is 2.40. The van der Waals surface area contributed by atoms with Crippen molar-refractivity contribution in [3.8, 4) is 0 Å². The van der Waals surface area contributed by atoms with Crippen molar-refractivity contribution in [1.29, 1.82) is 0 Å². The first-order valence-electron chi connectivity index (χ1n) is 9.17. The molecule has 0 bridgehead atoms. The Morgan fingerprint density at radius 3 is 2.24 bits per heavy atom. The highest BCUT2D eigenvalue weighted by Gasteiger charge is 2.42. The molecule has 1 unspecified atom stereocenters. The van der Waals surface area contributed by atoms with Gasteiger partial charge >= 0.3 is 6.03 Å². The number of imide groups is 1. The van der Waals surface area contributed by atoms with Crippen LogP contribution in [0.3, 0.4) is 0 Å². The number of amides is 4. The zero-order valence-electron chi connectivity index (χ0n) is 14.2. The normalized spacial score (nSPS) is 23.9. The lowest BCUT2D eigenvalue weighted by atomic mass is 9.96. The summed E-state index contributed by atoms with van der Waals surface area (Å²) in [6.45, 7) is 1.00. The smallest absolute Gasteiger partial charge is 0.317 e. The van der Waals surface area contributed by atoms with Gasteiger partial charge in [0.05, 0.1) is 17.2 Å². The first-order valence-corrected chi connectivity index (χ1v) is 9.17. The molecule has 2 heterocycles. The molecule has 0 aromatic heterocycles. The number of carbonyl (C=O) groups excluding carboxylic acids is 3. The van der Waals surface area contributed by atoms with Gasteiger partial charge in [0.2, 0.25) is 0 Å². The Kier molecular flexibility index (Phi) is 4.19. The zero-order valence-corrected chi connectivity index (χ0v) is 14.2. The summed E-state index contributed by atoms with van der Waals surface area (Å²) in [5.74, 6) is -0.472. The molecule has 1 atom stereocenters. The predicted molar refractivity (Wildman–Crippen MR) is 92.3 cm³/mol. The van der Waals surface area contributed by atoms with E-state index < -0.39 is 0 Å². The van der Waals surface area contributed by atoms with E-state index in [1.807, 2.05) is 0 Å². The molecule has 3 aliphatic rings. The molecule has 4 amide bonds.